The average Bonchev–Trinajstić information content (AvgIpc) is 3.31. The van der Waals surface area contributed by atoms with Crippen molar-refractivity contribution in [3.8, 4) is 17.2 Å². The number of nitrogens with zero attached hydrogens (tertiary/aromatic N) is 7. The highest BCUT2D eigenvalue weighted by atomic mass is 16.6. The van der Waals surface area contributed by atoms with Crippen molar-refractivity contribution in [3.63, 3.8) is 0 Å². The maximum atomic E-state index is 12.4. The lowest BCUT2D eigenvalue weighted by molar-refractivity contribution is 0.0240. The van der Waals surface area contributed by atoms with Gasteiger partial charge in [0.2, 0.25) is 0 Å². The van der Waals surface area contributed by atoms with Gasteiger partial charge in [0.05, 0.1) is 17.3 Å². The summed E-state index contributed by atoms with van der Waals surface area (Å²) in [6.07, 6.45) is 8.47. The van der Waals surface area contributed by atoms with Crippen LogP contribution in [0, 0.1) is 11.3 Å². The summed E-state index contributed by atoms with van der Waals surface area (Å²) >= 11 is 0. The van der Waals surface area contributed by atoms with Gasteiger partial charge in [0.25, 0.3) is 0 Å². The highest BCUT2D eigenvalue weighted by Crippen LogP contribution is 2.32. The number of aromatic nitrogens is 3. The van der Waals surface area contributed by atoms with E-state index in [-0.39, 0.29) is 6.09 Å². The number of rotatable bonds is 3. The minimum atomic E-state index is -0.501. The molecule has 3 aromatic rings. The normalized spacial score (nSPS) is 17.0. The maximum Gasteiger partial charge on any atom is 0.410 e. The SMILES string of the molecule is CN1CC=C(c2cc(-c3ccc(N4CCN(C(=O)OC(C)(C)C)CC4)nc3)c3c(C#N)cnn3c2)CC1. The predicted octanol–water partition coefficient (Wildman–Crippen LogP) is 4.04. The molecule has 3 aromatic heterocycles. The van der Waals surface area contributed by atoms with Crippen LogP contribution < -0.4 is 4.90 Å². The van der Waals surface area contributed by atoms with Gasteiger partial charge in [-0.05, 0) is 63.6 Å². The molecule has 0 aromatic carbocycles. The molecule has 9 nitrogen and oxygen atoms in total. The Labute approximate surface area is 217 Å². The van der Waals surface area contributed by atoms with Gasteiger partial charge in [-0.1, -0.05) is 6.08 Å². The first-order chi connectivity index (χ1) is 17.7. The lowest BCUT2D eigenvalue weighted by Crippen LogP contribution is -2.50. The van der Waals surface area contributed by atoms with E-state index in [1.165, 1.54) is 5.57 Å². The molecule has 9 heteroatoms. The van der Waals surface area contributed by atoms with Crippen molar-refractivity contribution in [2.24, 2.45) is 0 Å². The first-order valence-electron chi connectivity index (χ1n) is 12.7. The lowest BCUT2D eigenvalue weighted by Gasteiger charge is -2.36. The van der Waals surface area contributed by atoms with Gasteiger partial charge in [-0.25, -0.2) is 14.3 Å². The van der Waals surface area contributed by atoms with Crippen LogP contribution in [0.1, 0.15) is 38.3 Å². The molecule has 0 radical (unpaired) electrons. The number of fused-ring (bicyclic) bond motifs is 1. The molecule has 0 unspecified atom stereocenters. The molecule has 5 heterocycles. The van der Waals surface area contributed by atoms with E-state index >= 15 is 0 Å². The summed E-state index contributed by atoms with van der Waals surface area (Å²) in [6.45, 7) is 10.1. The molecule has 1 amide bonds. The quantitative estimate of drug-likeness (QED) is 0.537. The van der Waals surface area contributed by atoms with Crippen LogP contribution in [0.4, 0.5) is 10.6 Å². The molecule has 37 heavy (non-hydrogen) atoms. The topological polar surface area (TPSA) is 90.0 Å². The first kappa shape index (κ1) is 24.8. The maximum absolute atomic E-state index is 12.4. The highest BCUT2D eigenvalue weighted by Gasteiger charge is 2.26. The number of likely N-dealkylation sites (N-methyl/N-ethyl adjacent to an activating group) is 1. The summed E-state index contributed by atoms with van der Waals surface area (Å²) in [6, 6.07) is 8.50. The summed E-state index contributed by atoms with van der Waals surface area (Å²) < 4.78 is 7.32. The second-order valence-electron chi connectivity index (χ2n) is 10.7. The van der Waals surface area contributed by atoms with Crippen molar-refractivity contribution in [3.05, 3.63) is 54.0 Å². The van der Waals surface area contributed by atoms with Gasteiger partial charge in [0.1, 0.15) is 17.5 Å². The Hall–Kier alpha value is -3.90. The molecule has 0 saturated carbocycles. The molecule has 0 aliphatic carbocycles. The number of carbonyl (C=O) groups is 1. The van der Waals surface area contributed by atoms with Crippen LogP contribution in [0.2, 0.25) is 0 Å². The van der Waals surface area contributed by atoms with E-state index < -0.39 is 5.60 Å². The fourth-order valence-corrected chi connectivity index (χ4v) is 4.81. The van der Waals surface area contributed by atoms with E-state index in [1.54, 1.807) is 11.1 Å². The number of pyridine rings is 2. The Morgan fingerprint density at radius 3 is 2.49 bits per heavy atom. The Balaban J connectivity index is 1.38. The van der Waals surface area contributed by atoms with Crippen molar-refractivity contribution >= 4 is 23.0 Å². The van der Waals surface area contributed by atoms with E-state index in [9.17, 15) is 10.1 Å². The zero-order valence-corrected chi connectivity index (χ0v) is 21.9. The van der Waals surface area contributed by atoms with E-state index in [0.29, 0.717) is 31.7 Å². The third kappa shape index (κ3) is 5.30. The molecule has 0 atom stereocenters. The minimum absolute atomic E-state index is 0.270. The second-order valence-corrected chi connectivity index (χ2v) is 10.7. The van der Waals surface area contributed by atoms with Gasteiger partial charge in [0.15, 0.2) is 0 Å². The highest BCUT2D eigenvalue weighted by molar-refractivity contribution is 5.87. The van der Waals surface area contributed by atoms with Crippen LogP contribution in [0.15, 0.2) is 42.9 Å². The van der Waals surface area contributed by atoms with Gasteiger partial charge < -0.3 is 19.4 Å². The Kier molecular flexibility index (Phi) is 6.61. The van der Waals surface area contributed by atoms with Gasteiger partial charge >= 0.3 is 6.09 Å². The fraction of sp³-hybridized carbons (Fsp3) is 0.429. The summed E-state index contributed by atoms with van der Waals surface area (Å²) in [4.78, 5) is 23.4. The Morgan fingerprint density at radius 2 is 1.86 bits per heavy atom. The monoisotopic (exact) mass is 499 g/mol. The number of hydrogen-bond donors (Lipinski definition) is 0. The average molecular weight is 500 g/mol. The first-order valence-corrected chi connectivity index (χ1v) is 12.7. The standard InChI is InChI=1S/C28H33N7O2/c1-28(2,3)37-27(36)34-13-11-33(12-14-34)25-6-5-21(17-30-25)24-15-22(20-7-9-32(4)10-8-20)19-35-26(24)23(16-29)18-31-35/h5-7,15,17-19H,8-14H2,1-4H3. The van der Waals surface area contributed by atoms with Gasteiger partial charge in [0, 0.05) is 62.8 Å². The molecule has 2 aliphatic rings. The Morgan fingerprint density at radius 1 is 1.08 bits per heavy atom. The van der Waals surface area contributed by atoms with Crippen molar-refractivity contribution in [2.45, 2.75) is 32.8 Å². The number of hydrogen-bond acceptors (Lipinski definition) is 7. The molecule has 1 saturated heterocycles. The molecule has 0 N–H and O–H groups in total. The van der Waals surface area contributed by atoms with Crippen LogP contribution >= 0.6 is 0 Å². The number of carbonyl (C=O) groups excluding carboxylic acids is 1. The van der Waals surface area contributed by atoms with Crippen molar-refractivity contribution < 1.29 is 9.53 Å². The van der Waals surface area contributed by atoms with Crippen molar-refractivity contribution in [1.29, 1.82) is 5.26 Å². The molecule has 192 valence electrons. The van der Waals surface area contributed by atoms with E-state index in [0.717, 1.165) is 47.5 Å². The smallest absolute Gasteiger partial charge is 0.410 e. The van der Waals surface area contributed by atoms with Crippen LogP contribution in [-0.2, 0) is 4.74 Å². The molecule has 5 rings (SSSR count). The Bertz CT molecular complexity index is 1370. The third-order valence-electron chi connectivity index (χ3n) is 6.83. The van der Waals surface area contributed by atoms with Crippen LogP contribution in [-0.4, -0.2) is 82.4 Å². The molecular weight excluding hydrogens is 466 g/mol. The van der Waals surface area contributed by atoms with E-state index in [2.05, 4.69) is 46.2 Å². The van der Waals surface area contributed by atoms with Crippen molar-refractivity contribution in [1.82, 2.24) is 24.4 Å². The third-order valence-corrected chi connectivity index (χ3v) is 6.83. The fourth-order valence-electron chi connectivity index (χ4n) is 4.81. The largest absolute Gasteiger partial charge is 0.444 e. The lowest BCUT2D eigenvalue weighted by atomic mass is 9.96. The van der Waals surface area contributed by atoms with Gasteiger partial charge in [-0.2, -0.15) is 10.4 Å². The molecular formula is C28H33N7O2. The van der Waals surface area contributed by atoms with Crippen LogP contribution in [0.5, 0.6) is 0 Å². The second kappa shape index (κ2) is 9.87. The number of nitriles is 1. The van der Waals surface area contributed by atoms with Gasteiger partial charge in [-0.15, -0.1) is 0 Å². The summed E-state index contributed by atoms with van der Waals surface area (Å²) in [5, 5.41) is 14.2. The van der Waals surface area contributed by atoms with Crippen molar-refractivity contribution in [2.75, 3.05) is 51.2 Å². The number of amides is 1. The zero-order chi connectivity index (χ0) is 26.2. The summed E-state index contributed by atoms with van der Waals surface area (Å²) in [5.74, 6) is 0.867. The number of ether oxygens (including phenoxy) is 1. The van der Waals surface area contributed by atoms with Crippen LogP contribution in [0.3, 0.4) is 0 Å². The molecule has 1 fully saturated rings. The van der Waals surface area contributed by atoms with E-state index in [4.69, 9.17) is 9.72 Å². The number of piperazine rings is 1. The minimum Gasteiger partial charge on any atom is -0.444 e. The summed E-state index contributed by atoms with van der Waals surface area (Å²) in [5.41, 5.74) is 5.13. The molecule has 0 spiro atoms. The zero-order valence-electron chi connectivity index (χ0n) is 21.9. The van der Waals surface area contributed by atoms with E-state index in [1.807, 2.05) is 43.7 Å². The molecule has 2 aliphatic heterocycles. The summed E-state index contributed by atoms with van der Waals surface area (Å²) in [7, 11) is 2.12. The molecule has 0 bridgehead atoms. The number of anilines is 1. The van der Waals surface area contributed by atoms with Crippen LogP contribution in [0.25, 0.3) is 22.2 Å². The van der Waals surface area contributed by atoms with Gasteiger partial charge in [-0.3, -0.25) is 0 Å². The predicted molar refractivity (Wildman–Crippen MR) is 143 cm³/mol.